The summed E-state index contributed by atoms with van der Waals surface area (Å²) in [5.74, 6) is -0.195. The summed E-state index contributed by atoms with van der Waals surface area (Å²) >= 11 is 3.50. The average molecular weight is 336 g/mol. The van der Waals surface area contributed by atoms with Crippen molar-refractivity contribution in [3.8, 4) is 0 Å². The van der Waals surface area contributed by atoms with E-state index in [2.05, 4.69) is 53.3 Å². The smallest absolute Gasteiger partial charge is 0.123 e. The molecule has 0 amide bonds. The fourth-order valence-electron chi connectivity index (χ4n) is 2.65. The fourth-order valence-corrected chi connectivity index (χ4v) is 3.05. The minimum absolute atomic E-state index is 0.175. The van der Waals surface area contributed by atoms with Crippen LogP contribution in [-0.4, -0.2) is 7.05 Å². The molecule has 0 aliphatic heterocycles. The summed E-state index contributed by atoms with van der Waals surface area (Å²) in [5.41, 5.74) is 4.80. The SMILES string of the molecule is CNC(Cc1cc(F)ccc1Br)c1c(C)cccc1C. The van der Waals surface area contributed by atoms with Gasteiger partial charge in [-0.3, -0.25) is 0 Å². The molecule has 0 saturated carbocycles. The minimum atomic E-state index is -0.195. The first-order valence-corrected chi connectivity index (χ1v) is 7.49. The average Bonchev–Trinajstić information content (AvgIpc) is 2.41. The zero-order valence-electron chi connectivity index (χ0n) is 12.0. The number of hydrogen-bond acceptors (Lipinski definition) is 1. The van der Waals surface area contributed by atoms with Crippen LogP contribution in [0.4, 0.5) is 4.39 Å². The van der Waals surface area contributed by atoms with Crippen molar-refractivity contribution in [1.82, 2.24) is 5.32 Å². The molecule has 0 bridgehead atoms. The van der Waals surface area contributed by atoms with Gasteiger partial charge in [-0.2, -0.15) is 0 Å². The molecular formula is C17H19BrFN. The van der Waals surface area contributed by atoms with Gasteiger partial charge in [0, 0.05) is 10.5 Å². The van der Waals surface area contributed by atoms with E-state index in [-0.39, 0.29) is 11.9 Å². The molecule has 1 atom stereocenters. The lowest BCUT2D eigenvalue weighted by Gasteiger charge is -2.22. The summed E-state index contributed by atoms with van der Waals surface area (Å²) < 4.78 is 14.4. The Morgan fingerprint density at radius 1 is 1.15 bits per heavy atom. The van der Waals surface area contributed by atoms with Crippen LogP contribution in [-0.2, 0) is 6.42 Å². The lowest BCUT2D eigenvalue weighted by atomic mass is 9.92. The Kier molecular flexibility index (Phi) is 4.95. The van der Waals surface area contributed by atoms with Crippen LogP contribution in [0.5, 0.6) is 0 Å². The summed E-state index contributed by atoms with van der Waals surface area (Å²) in [6, 6.07) is 11.3. The van der Waals surface area contributed by atoms with Gasteiger partial charge in [-0.1, -0.05) is 34.1 Å². The summed E-state index contributed by atoms with van der Waals surface area (Å²) in [4.78, 5) is 0. The van der Waals surface area contributed by atoms with E-state index in [9.17, 15) is 4.39 Å². The first kappa shape index (κ1) is 15.2. The maximum Gasteiger partial charge on any atom is 0.123 e. The Balaban J connectivity index is 2.36. The topological polar surface area (TPSA) is 12.0 Å². The van der Waals surface area contributed by atoms with Crippen LogP contribution in [0.1, 0.15) is 28.3 Å². The molecule has 1 nitrogen and oxygen atoms in total. The zero-order valence-corrected chi connectivity index (χ0v) is 13.6. The molecule has 3 heteroatoms. The Hall–Kier alpha value is -1.19. The van der Waals surface area contributed by atoms with E-state index >= 15 is 0 Å². The largest absolute Gasteiger partial charge is 0.313 e. The fraction of sp³-hybridized carbons (Fsp3) is 0.294. The molecule has 0 aromatic heterocycles. The molecule has 0 saturated heterocycles. The Bertz CT molecular complexity index is 590. The minimum Gasteiger partial charge on any atom is -0.313 e. The quantitative estimate of drug-likeness (QED) is 0.853. The van der Waals surface area contributed by atoms with E-state index < -0.39 is 0 Å². The van der Waals surface area contributed by atoms with Crippen molar-refractivity contribution >= 4 is 15.9 Å². The van der Waals surface area contributed by atoms with Crippen molar-refractivity contribution in [1.29, 1.82) is 0 Å². The number of benzene rings is 2. The number of hydrogen-bond donors (Lipinski definition) is 1. The van der Waals surface area contributed by atoms with Crippen molar-refractivity contribution in [3.05, 3.63) is 68.9 Å². The standard InChI is InChI=1S/C17H19BrFN/c1-11-5-4-6-12(2)17(11)16(20-3)10-13-9-14(19)7-8-15(13)18/h4-9,16,20H,10H2,1-3H3. The van der Waals surface area contributed by atoms with Crippen LogP contribution in [0.3, 0.4) is 0 Å². The number of rotatable bonds is 4. The van der Waals surface area contributed by atoms with Gasteiger partial charge in [-0.15, -0.1) is 0 Å². The van der Waals surface area contributed by atoms with E-state index in [1.807, 2.05) is 7.05 Å². The summed E-state index contributed by atoms with van der Waals surface area (Å²) in [6.07, 6.45) is 0.751. The van der Waals surface area contributed by atoms with Crippen LogP contribution in [0.2, 0.25) is 0 Å². The molecule has 2 rings (SSSR count). The summed E-state index contributed by atoms with van der Waals surface area (Å²) in [5, 5.41) is 3.35. The van der Waals surface area contributed by atoms with E-state index in [4.69, 9.17) is 0 Å². The molecule has 1 N–H and O–H groups in total. The highest BCUT2D eigenvalue weighted by molar-refractivity contribution is 9.10. The first-order chi connectivity index (χ1) is 9.52. The molecule has 2 aromatic carbocycles. The Labute approximate surface area is 128 Å². The highest BCUT2D eigenvalue weighted by Gasteiger charge is 2.16. The monoisotopic (exact) mass is 335 g/mol. The second-order valence-corrected chi connectivity index (χ2v) is 5.94. The predicted octanol–water partition coefficient (Wildman–Crippen LogP) is 4.71. The normalized spacial score (nSPS) is 12.4. The molecule has 0 radical (unpaired) electrons. The van der Waals surface area contributed by atoms with Crippen molar-refractivity contribution < 1.29 is 4.39 Å². The van der Waals surface area contributed by atoms with Crippen LogP contribution in [0.15, 0.2) is 40.9 Å². The van der Waals surface area contributed by atoms with Gasteiger partial charge in [-0.05, 0) is 67.8 Å². The molecule has 2 aromatic rings. The maximum absolute atomic E-state index is 13.4. The highest BCUT2D eigenvalue weighted by Crippen LogP contribution is 2.28. The molecular weight excluding hydrogens is 317 g/mol. The van der Waals surface area contributed by atoms with Gasteiger partial charge >= 0.3 is 0 Å². The van der Waals surface area contributed by atoms with Crippen molar-refractivity contribution in [2.24, 2.45) is 0 Å². The van der Waals surface area contributed by atoms with Crippen molar-refractivity contribution in [2.75, 3.05) is 7.05 Å². The molecule has 0 heterocycles. The van der Waals surface area contributed by atoms with Crippen LogP contribution in [0, 0.1) is 19.7 Å². The molecule has 20 heavy (non-hydrogen) atoms. The van der Waals surface area contributed by atoms with E-state index in [1.54, 1.807) is 12.1 Å². The van der Waals surface area contributed by atoms with E-state index in [0.29, 0.717) is 0 Å². The van der Waals surface area contributed by atoms with Gasteiger partial charge in [0.1, 0.15) is 5.82 Å². The molecule has 0 spiro atoms. The molecule has 106 valence electrons. The van der Waals surface area contributed by atoms with Crippen molar-refractivity contribution in [3.63, 3.8) is 0 Å². The van der Waals surface area contributed by atoms with Crippen molar-refractivity contribution in [2.45, 2.75) is 26.3 Å². The molecule has 1 unspecified atom stereocenters. The zero-order chi connectivity index (χ0) is 14.7. The van der Waals surface area contributed by atoms with Gasteiger partial charge in [-0.25, -0.2) is 4.39 Å². The van der Waals surface area contributed by atoms with E-state index in [1.165, 1.54) is 22.8 Å². The Morgan fingerprint density at radius 3 is 2.40 bits per heavy atom. The van der Waals surface area contributed by atoms with Gasteiger partial charge < -0.3 is 5.32 Å². The second kappa shape index (κ2) is 6.51. The van der Waals surface area contributed by atoms with Crippen LogP contribution >= 0.6 is 15.9 Å². The third-order valence-corrected chi connectivity index (χ3v) is 4.44. The number of likely N-dealkylation sites (N-methyl/N-ethyl adjacent to an activating group) is 1. The third-order valence-electron chi connectivity index (χ3n) is 3.67. The predicted molar refractivity (Wildman–Crippen MR) is 85.5 cm³/mol. The molecule has 0 fully saturated rings. The van der Waals surface area contributed by atoms with E-state index in [0.717, 1.165) is 16.5 Å². The van der Waals surface area contributed by atoms with Gasteiger partial charge in [0.2, 0.25) is 0 Å². The third kappa shape index (κ3) is 3.28. The second-order valence-electron chi connectivity index (χ2n) is 5.09. The summed E-state index contributed by atoms with van der Waals surface area (Å²) in [7, 11) is 1.95. The highest BCUT2D eigenvalue weighted by atomic mass is 79.9. The van der Waals surface area contributed by atoms with Crippen LogP contribution < -0.4 is 5.32 Å². The Morgan fingerprint density at radius 2 is 1.80 bits per heavy atom. The number of aryl methyl sites for hydroxylation is 2. The number of nitrogens with one attached hydrogen (secondary N) is 1. The van der Waals surface area contributed by atoms with Crippen LogP contribution in [0.25, 0.3) is 0 Å². The lowest BCUT2D eigenvalue weighted by molar-refractivity contribution is 0.578. The van der Waals surface area contributed by atoms with Gasteiger partial charge in [0.25, 0.3) is 0 Å². The van der Waals surface area contributed by atoms with Gasteiger partial charge in [0.15, 0.2) is 0 Å². The molecule has 0 aliphatic carbocycles. The maximum atomic E-state index is 13.4. The first-order valence-electron chi connectivity index (χ1n) is 6.70. The number of halogens is 2. The van der Waals surface area contributed by atoms with Gasteiger partial charge in [0.05, 0.1) is 0 Å². The molecule has 0 aliphatic rings. The summed E-state index contributed by atoms with van der Waals surface area (Å²) in [6.45, 7) is 4.24. The lowest BCUT2D eigenvalue weighted by Crippen LogP contribution is -2.21.